The van der Waals surface area contributed by atoms with Gasteiger partial charge in [-0.3, -0.25) is 9.78 Å². The molecule has 128 valence electrons. The van der Waals surface area contributed by atoms with Gasteiger partial charge < -0.3 is 9.84 Å². The van der Waals surface area contributed by atoms with Crippen molar-refractivity contribution in [2.24, 2.45) is 0 Å². The van der Waals surface area contributed by atoms with E-state index in [0.717, 1.165) is 0 Å². The van der Waals surface area contributed by atoms with Gasteiger partial charge in [0.15, 0.2) is 0 Å². The Bertz CT molecular complexity index is 861. The molecular weight excluding hydrogens is 337 g/mol. The summed E-state index contributed by atoms with van der Waals surface area (Å²) in [5.41, 5.74) is 1.36. The minimum atomic E-state index is -4.70. The molecule has 0 fully saturated rings. The van der Waals surface area contributed by atoms with Gasteiger partial charge in [-0.2, -0.15) is 18.2 Å². The number of hydrogen-bond donors (Lipinski definition) is 1. The van der Waals surface area contributed by atoms with Gasteiger partial charge in [-0.05, 0) is 24.3 Å². The van der Waals surface area contributed by atoms with E-state index in [1.807, 2.05) is 6.07 Å². The molecule has 0 aliphatic rings. The molecule has 0 aliphatic carbocycles. The molecule has 2 aromatic heterocycles. The van der Waals surface area contributed by atoms with Crippen molar-refractivity contribution in [3.63, 3.8) is 0 Å². The van der Waals surface area contributed by atoms with Crippen LogP contribution in [0.5, 0.6) is 0 Å². The number of aromatic nitrogens is 3. The standard InChI is InChI=1S/C16H11F3N4O2/c17-16(18,19)15-22-13(23-25-15)10-4-6-11(7-5-10)14(24)21-9-12-3-1-2-8-20-12/h1-8H,9H2,(H,21,24). The fourth-order valence-corrected chi connectivity index (χ4v) is 2.00. The maximum absolute atomic E-state index is 12.5. The highest BCUT2D eigenvalue weighted by molar-refractivity contribution is 5.94. The molecule has 6 nitrogen and oxygen atoms in total. The molecular formula is C16H11F3N4O2. The van der Waals surface area contributed by atoms with E-state index in [0.29, 0.717) is 16.8 Å². The SMILES string of the molecule is O=C(NCc1ccccn1)c1ccc(-c2noc(C(F)(F)F)n2)cc1. The number of carbonyl (C=O) groups is 1. The summed E-state index contributed by atoms with van der Waals surface area (Å²) in [4.78, 5) is 19.4. The Hall–Kier alpha value is -3.23. The molecule has 2 heterocycles. The van der Waals surface area contributed by atoms with E-state index < -0.39 is 12.1 Å². The maximum atomic E-state index is 12.5. The van der Waals surface area contributed by atoms with E-state index in [4.69, 9.17) is 0 Å². The van der Waals surface area contributed by atoms with Crippen LogP contribution < -0.4 is 5.32 Å². The van der Waals surface area contributed by atoms with Crippen LogP contribution in [0.3, 0.4) is 0 Å². The van der Waals surface area contributed by atoms with Gasteiger partial charge in [0.1, 0.15) is 0 Å². The van der Waals surface area contributed by atoms with Crippen LogP contribution in [0.15, 0.2) is 53.2 Å². The predicted molar refractivity (Wildman–Crippen MR) is 80.1 cm³/mol. The van der Waals surface area contributed by atoms with Crippen LogP contribution >= 0.6 is 0 Å². The van der Waals surface area contributed by atoms with Crippen LogP contribution in [0, 0.1) is 0 Å². The summed E-state index contributed by atoms with van der Waals surface area (Å²) in [5.74, 6) is -1.95. The summed E-state index contributed by atoms with van der Waals surface area (Å²) in [7, 11) is 0. The monoisotopic (exact) mass is 348 g/mol. The zero-order chi connectivity index (χ0) is 17.9. The molecule has 0 saturated carbocycles. The van der Waals surface area contributed by atoms with Crippen molar-refractivity contribution in [2.75, 3.05) is 0 Å². The lowest BCUT2D eigenvalue weighted by Crippen LogP contribution is -2.23. The first-order valence-electron chi connectivity index (χ1n) is 7.13. The van der Waals surface area contributed by atoms with Crippen LogP contribution in [-0.2, 0) is 12.7 Å². The average Bonchev–Trinajstić information content (AvgIpc) is 3.11. The van der Waals surface area contributed by atoms with Crippen molar-refractivity contribution >= 4 is 5.91 Å². The van der Waals surface area contributed by atoms with Crippen molar-refractivity contribution in [1.82, 2.24) is 20.4 Å². The third-order valence-electron chi connectivity index (χ3n) is 3.23. The van der Waals surface area contributed by atoms with Gasteiger partial charge in [0.05, 0.1) is 12.2 Å². The smallest absolute Gasteiger partial charge is 0.346 e. The lowest BCUT2D eigenvalue weighted by molar-refractivity contribution is -0.159. The summed E-state index contributed by atoms with van der Waals surface area (Å²) in [6.45, 7) is 0.265. The third kappa shape index (κ3) is 4.00. The number of alkyl halides is 3. The number of halogens is 3. The number of rotatable bonds is 4. The van der Waals surface area contributed by atoms with Crippen molar-refractivity contribution < 1.29 is 22.5 Å². The molecule has 1 N–H and O–H groups in total. The van der Waals surface area contributed by atoms with Crippen LogP contribution in [0.1, 0.15) is 21.9 Å². The summed E-state index contributed by atoms with van der Waals surface area (Å²) in [5, 5.41) is 5.99. The summed E-state index contributed by atoms with van der Waals surface area (Å²) in [6.07, 6.45) is -3.08. The van der Waals surface area contributed by atoms with E-state index in [1.165, 1.54) is 24.3 Å². The first-order chi connectivity index (χ1) is 11.9. The Labute approximate surface area is 139 Å². The first-order valence-corrected chi connectivity index (χ1v) is 7.13. The Kier molecular flexibility index (Phi) is 4.46. The van der Waals surface area contributed by atoms with Crippen LogP contribution in [0.25, 0.3) is 11.4 Å². The number of nitrogens with zero attached hydrogens (tertiary/aromatic N) is 3. The van der Waals surface area contributed by atoms with Gasteiger partial charge in [-0.1, -0.05) is 23.4 Å². The second-order valence-corrected chi connectivity index (χ2v) is 5.00. The Morgan fingerprint density at radius 3 is 2.48 bits per heavy atom. The van der Waals surface area contributed by atoms with E-state index in [2.05, 4.69) is 25.0 Å². The highest BCUT2D eigenvalue weighted by Gasteiger charge is 2.38. The molecule has 0 saturated heterocycles. The van der Waals surface area contributed by atoms with Crippen molar-refractivity contribution in [3.05, 3.63) is 65.8 Å². The largest absolute Gasteiger partial charge is 0.471 e. The number of benzene rings is 1. The molecule has 0 aliphatic heterocycles. The number of hydrogen-bond acceptors (Lipinski definition) is 5. The number of carbonyl (C=O) groups excluding carboxylic acids is 1. The average molecular weight is 348 g/mol. The van der Waals surface area contributed by atoms with Crippen LogP contribution in [0.2, 0.25) is 0 Å². The van der Waals surface area contributed by atoms with Gasteiger partial charge in [0.25, 0.3) is 5.91 Å². The highest BCUT2D eigenvalue weighted by atomic mass is 19.4. The zero-order valence-corrected chi connectivity index (χ0v) is 12.6. The maximum Gasteiger partial charge on any atom is 0.471 e. The minimum absolute atomic E-state index is 0.201. The number of nitrogens with one attached hydrogen (secondary N) is 1. The second-order valence-electron chi connectivity index (χ2n) is 5.00. The topological polar surface area (TPSA) is 80.9 Å². The second kappa shape index (κ2) is 6.71. The van der Waals surface area contributed by atoms with Crippen molar-refractivity contribution in [2.45, 2.75) is 12.7 Å². The fraction of sp³-hybridized carbons (Fsp3) is 0.125. The molecule has 1 amide bonds. The van der Waals surface area contributed by atoms with Crippen LogP contribution in [-0.4, -0.2) is 21.0 Å². The molecule has 0 spiro atoms. The normalized spacial score (nSPS) is 11.3. The lowest BCUT2D eigenvalue weighted by atomic mass is 10.1. The molecule has 0 radical (unpaired) electrons. The Morgan fingerprint density at radius 2 is 1.88 bits per heavy atom. The quantitative estimate of drug-likeness (QED) is 0.784. The molecule has 0 unspecified atom stereocenters. The third-order valence-corrected chi connectivity index (χ3v) is 3.23. The first kappa shape index (κ1) is 16.6. The summed E-state index contributed by atoms with van der Waals surface area (Å²) < 4.78 is 41.5. The van der Waals surface area contributed by atoms with Gasteiger partial charge >= 0.3 is 12.1 Å². The van der Waals surface area contributed by atoms with Gasteiger partial charge in [0, 0.05) is 17.3 Å². The molecule has 1 aromatic carbocycles. The molecule has 25 heavy (non-hydrogen) atoms. The Balaban J connectivity index is 1.67. The summed E-state index contributed by atoms with van der Waals surface area (Å²) >= 11 is 0. The van der Waals surface area contributed by atoms with E-state index >= 15 is 0 Å². The number of pyridine rings is 1. The molecule has 3 rings (SSSR count). The van der Waals surface area contributed by atoms with Crippen molar-refractivity contribution in [1.29, 1.82) is 0 Å². The molecule has 0 bridgehead atoms. The van der Waals surface area contributed by atoms with Gasteiger partial charge in [0.2, 0.25) is 5.82 Å². The molecule has 9 heteroatoms. The van der Waals surface area contributed by atoms with Gasteiger partial charge in [-0.25, -0.2) is 0 Å². The fourth-order valence-electron chi connectivity index (χ4n) is 2.00. The van der Waals surface area contributed by atoms with Crippen molar-refractivity contribution in [3.8, 4) is 11.4 Å². The molecule has 3 aromatic rings. The van der Waals surface area contributed by atoms with Gasteiger partial charge in [-0.15, -0.1) is 0 Å². The molecule has 0 atom stereocenters. The zero-order valence-electron chi connectivity index (χ0n) is 12.6. The highest BCUT2D eigenvalue weighted by Crippen LogP contribution is 2.29. The summed E-state index contributed by atoms with van der Waals surface area (Å²) in [6, 6.07) is 11.2. The Morgan fingerprint density at radius 1 is 1.12 bits per heavy atom. The number of amides is 1. The van der Waals surface area contributed by atoms with Crippen LogP contribution in [0.4, 0.5) is 13.2 Å². The lowest BCUT2D eigenvalue weighted by Gasteiger charge is -2.05. The van der Waals surface area contributed by atoms with E-state index in [-0.39, 0.29) is 18.3 Å². The van der Waals surface area contributed by atoms with E-state index in [1.54, 1.807) is 18.3 Å². The van der Waals surface area contributed by atoms with E-state index in [9.17, 15) is 18.0 Å². The predicted octanol–water partition coefficient (Wildman–Crippen LogP) is 3.08. The minimum Gasteiger partial charge on any atom is -0.346 e.